The van der Waals surface area contributed by atoms with Gasteiger partial charge in [-0.05, 0) is 47.8 Å². The number of nitrogens with zero attached hydrogens (tertiary/aromatic N) is 3. The Bertz CT molecular complexity index is 937. The van der Waals surface area contributed by atoms with Gasteiger partial charge in [-0.15, -0.1) is 11.3 Å². The van der Waals surface area contributed by atoms with Gasteiger partial charge >= 0.3 is 0 Å². The number of methoxy groups -OCH3 is 1. The fraction of sp³-hybridized carbons (Fsp3) is 0.320. The lowest BCUT2D eigenvalue weighted by molar-refractivity contribution is 0.0973. The Morgan fingerprint density at radius 3 is 2.29 bits per heavy atom. The van der Waals surface area contributed by atoms with Crippen LogP contribution in [0.2, 0.25) is 0 Å². The van der Waals surface area contributed by atoms with Crippen LogP contribution in [0.25, 0.3) is 0 Å². The van der Waals surface area contributed by atoms with Crippen LogP contribution >= 0.6 is 11.3 Å². The zero-order valence-electron chi connectivity index (χ0n) is 17.9. The number of benzene rings is 2. The van der Waals surface area contributed by atoms with E-state index in [0.29, 0.717) is 12.1 Å². The molecule has 3 aromatic rings. The van der Waals surface area contributed by atoms with Gasteiger partial charge in [-0.1, -0.05) is 24.3 Å². The normalized spacial score (nSPS) is 15.0. The maximum absolute atomic E-state index is 13.3. The molecule has 4 rings (SSSR count). The van der Waals surface area contributed by atoms with E-state index in [1.165, 1.54) is 4.88 Å². The summed E-state index contributed by atoms with van der Waals surface area (Å²) in [7, 11) is 1.63. The monoisotopic (exact) mass is 435 g/mol. The minimum Gasteiger partial charge on any atom is -0.497 e. The highest BCUT2D eigenvalue weighted by Crippen LogP contribution is 2.19. The highest BCUT2D eigenvalue weighted by molar-refractivity contribution is 7.09. The highest BCUT2D eigenvalue weighted by atomic mass is 32.1. The molecule has 2 heterocycles. The number of piperazine rings is 1. The molecule has 2 aromatic carbocycles. The maximum Gasteiger partial charge on any atom is 0.258 e. The first-order valence-corrected chi connectivity index (χ1v) is 11.6. The second-order valence-corrected chi connectivity index (χ2v) is 8.75. The molecule has 0 bridgehead atoms. The predicted molar refractivity (Wildman–Crippen MR) is 127 cm³/mol. The van der Waals surface area contributed by atoms with Crippen LogP contribution in [0.5, 0.6) is 5.75 Å². The summed E-state index contributed by atoms with van der Waals surface area (Å²) in [5, 5.41) is 2.14. The minimum atomic E-state index is 0.0187. The SMILES string of the molecule is COc1ccc(C(=O)N(CCN2CCN(Cc3cccs3)CC2)c2ccccc2)cc1. The Labute approximate surface area is 188 Å². The van der Waals surface area contributed by atoms with E-state index in [1.54, 1.807) is 7.11 Å². The van der Waals surface area contributed by atoms with Crippen LogP contribution in [-0.2, 0) is 6.54 Å². The summed E-state index contributed by atoms with van der Waals surface area (Å²) < 4.78 is 5.23. The zero-order valence-corrected chi connectivity index (χ0v) is 18.8. The lowest BCUT2D eigenvalue weighted by atomic mass is 10.1. The summed E-state index contributed by atoms with van der Waals surface area (Å²) >= 11 is 1.83. The molecule has 1 fully saturated rings. The molecule has 6 heteroatoms. The Morgan fingerprint density at radius 2 is 1.65 bits per heavy atom. The van der Waals surface area contributed by atoms with Crippen LogP contribution in [-0.4, -0.2) is 62.1 Å². The van der Waals surface area contributed by atoms with Gasteiger partial charge < -0.3 is 9.64 Å². The van der Waals surface area contributed by atoms with Gasteiger partial charge in [0.25, 0.3) is 5.91 Å². The van der Waals surface area contributed by atoms with Crippen LogP contribution in [0.15, 0.2) is 72.1 Å². The van der Waals surface area contributed by atoms with E-state index < -0.39 is 0 Å². The van der Waals surface area contributed by atoms with E-state index in [-0.39, 0.29) is 5.91 Å². The first-order chi connectivity index (χ1) is 15.2. The average molecular weight is 436 g/mol. The number of ether oxygens (including phenoxy) is 1. The number of carbonyl (C=O) groups is 1. The largest absolute Gasteiger partial charge is 0.497 e. The molecule has 5 nitrogen and oxygen atoms in total. The topological polar surface area (TPSA) is 36.0 Å². The van der Waals surface area contributed by atoms with E-state index in [9.17, 15) is 4.79 Å². The summed E-state index contributed by atoms with van der Waals surface area (Å²) in [5.41, 5.74) is 1.60. The molecule has 1 aromatic heterocycles. The van der Waals surface area contributed by atoms with Gasteiger partial charge in [-0.25, -0.2) is 0 Å². The second-order valence-electron chi connectivity index (χ2n) is 7.72. The first-order valence-electron chi connectivity index (χ1n) is 10.7. The molecule has 0 atom stereocenters. The van der Waals surface area contributed by atoms with Crippen molar-refractivity contribution in [3.8, 4) is 5.75 Å². The molecule has 0 spiro atoms. The Morgan fingerprint density at radius 1 is 0.935 bits per heavy atom. The van der Waals surface area contributed by atoms with Crippen molar-refractivity contribution in [1.29, 1.82) is 0 Å². The van der Waals surface area contributed by atoms with E-state index in [2.05, 4.69) is 27.3 Å². The van der Waals surface area contributed by atoms with E-state index >= 15 is 0 Å². The van der Waals surface area contributed by atoms with Gasteiger partial charge in [0.1, 0.15) is 5.75 Å². The fourth-order valence-corrected chi connectivity index (χ4v) is 4.63. The molecule has 1 aliphatic rings. The van der Waals surface area contributed by atoms with Gasteiger partial charge in [0.05, 0.1) is 7.11 Å². The molecular weight excluding hydrogens is 406 g/mol. The third-order valence-electron chi connectivity index (χ3n) is 5.71. The summed E-state index contributed by atoms with van der Waals surface area (Å²) in [6.07, 6.45) is 0. The third kappa shape index (κ3) is 5.73. The molecule has 0 saturated carbocycles. The zero-order chi connectivity index (χ0) is 21.5. The van der Waals surface area contributed by atoms with Crippen molar-refractivity contribution < 1.29 is 9.53 Å². The molecule has 162 valence electrons. The van der Waals surface area contributed by atoms with E-state index in [0.717, 1.165) is 50.7 Å². The van der Waals surface area contributed by atoms with Crippen LogP contribution in [0.3, 0.4) is 0 Å². The van der Waals surface area contributed by atoms with Crippen LogP contribution in [0.4, 0.5) is 5.69 Å². The average Bonchev–Trinajstić information content (AvgIpc) is 3.34. The van der Waals surface area contributed by atoms with E-state index in [1.807, 2.05) is 70.8 Å². The fourth-order valence-electron chi connectivity index (χ4n) is 3.88. The molecule has 31 heavy (non-hydrogen) atoms. The molecule has 0 N–H and O–H groups in total. The smallest absolute Gasteiger partial charge is 0.258 e. The van der Waals surface area contributed by atoms with Gasteiger partial charge in [-0.3, -0.25) is 14.6 Å². The summed E-state index contributed by atoms with van der Waals surface area (Å²) in [6.45, 7) is 6.77. The van der Waals surface area contributed by atoms with Crippen LogP contribution in [0.1, 0.15) is 15.2 Å². The number of carbonyl (C=O) groups excluding carboxylic acids is 1. The van der Waals surface area contributed by atoms with Crippen LogP contribution in [0, 0.1) is 0 Å². The van der Waals surface area contributed by atoms with Crippen molar-refractivity contribution in [1.82, 2.24) is 9.80 Å². The maximum atomic E-state index is 13.3. The van der Waals surface area contributed by atoms with Crippen molar-refractivity contribution in [2.45, 2.75) is 6.54 Å². The molecule has 1 amide bonds. The Kier molecular flexibility index (Phi) is 7.35. The molecular formula is C25H29N3O2S. The summed E-state index contributed by atoms with van der Waals surface area (Å²) in [4.78, 5) is 21.6. The standard InChI is InChI=1S/C25H29N3O2S/c1-30-23-11-9-21(10-12-23)25(29)28(22-6-3-2-4-7-22)18-17-26-13-15-27(16-14-26)20-24-8-5-19-31-24/h2-12,19H,13-18,20H2,1H3. The number of thiophene rings is 1. The number of amides is 1. The number of anilines is 1. The molecule has 0 aliphatic carbocycles. The first kappa shape index (κ1) is 21.6. The van der Waals surface area contributed by atoms with Gasteiger partial charge in [0, 0.05) is 61.9 Å². The van der Waals surface area contributed by atoms with Crippen molar-refractivity contribution in [3.63, 3.8) is 0 Å². The number of rotatable bonds is 8. The van der Waals surface area contributed by atoms with Crippen molar-refractivity contribution in [2.75, 3.05) is 51.3 Å². The molecule has 0 radical (unpaired) electrons. The number of hydrogen-bond acceptors (Lipinski definition) is 5. The minimum absolute atomic E-state index is 0.0187. The number of para-hydroxylation sites is 1. The lowest BCUT2D eigenvalue weighted by Gasteiger charge is -2.35. The van der Waals surface area contributed by atoms with Crippen molar-refractivity contribution in [3.05, 3.63) is 82.6 Å². The van der Waals surface area contributed by atoms with Crippen LogP contribution < -0.4 is 9.64 Å². The van der Waals surface area contributed by atoms with Crippen molar-refractivity contribution in [2.24, 2.45) is 0 Å². The molecule has 1 saturated heterocycles. The molecule has 0 unspecified atom stereocenters. The molecule has 1 aliphatic heterocycles. The van der Waals surface area contributed by atoms with Gasteiger partial charge in [0.15, 0.2) is 0 Å². The van der Waals surface area contributed by atoms with Gasteiger partial charge in [-0.2, -0.15) is 0 Å². The second kappa shape index (κ2) is 10.6. The highest BCUT2D eigenvalue weighted by Gasteiger charge is 2.21. The Hall–Kier alpha value is -2.67. The predicted octanol–water partition coefficient (Wildman–Crippen LogP) is 4.22. The summed E-state index contributed by atoms with van der Waals surface area (Å²) in [6, 6.07) is 21.6. The summed E-state index contributed by atoms with van der Waals surface area (Å²) in [5.74, 6) is 0.772. The lowest BCUT2D eigenvalue weighted by Crippen LogP contribution is -2.48. The van der Waals surface area contributed by atoms with Gasteiger partial charge in [0.2, 0.25) is 0 Å². The Balaban J connectivity index is 1.37. The van der Waals surface area contributed by atoms with E-state index in [4.69, 9.17) is 4.74 Å². The quantitative estimate of drug-likeness (QED) is 0.531. The third-order valence-corrected chi connectivity index (χ3v) is 6.58. The number of hydrogen-bond donors (Lipinski definition) is 0. The van der Waals surface area contributed by atoms with Crippen molar-refractivity contribution >= 4 is 22.9 Å².